The molecule has 0 unspecified atom stereocenters. The zero-order valence-corrected chi connectivity index (χ0v) is 18.4. The van der Waals surface area contributed by atoms with Gasteiger partial charge in [-0.3, -0.25) is 4.79 Å². The summed E-state index contributed by atoms with van der Waals surface area (Å²) in [6.07, 6.45) is 4.21. The molecule has 1 aliphatic heterocycles. The molecule has 1 saturated heterocycles. The number of anilines is 2. The quantitative estimate of drug-likeness (QED) is 0.642. The molecule has 1 N–H and O–H groups in total. The number of piperidine rings is 1. The number of aryl methyl sites for hydroxylation is 1. The van der Waals surface area contributed by atoms with Crippen LogP contribution in [0.3, 0.4) is 0 Å². The Labute approximate surface area is 183 Å². The highest BCUT2D eigenvalue weighted by molar-refractivity contribution is 5.98. The molecule has 1 heterocycles. The Kier molecular flexibility index (Phi) is 7.76. The van der Waals surface area contributed by atoms with Crippen LogP contribution in [-0.2, 0) is 16.0 Å². The minimum absolute atomic E-state index is 0.134. The van der Waals surface area contributed by atoms with Crippen molar-refractivity contribution >= 4 is 23.3 Å². The highest BCUT2D eigenvalue weighted by Gasteiger charge is 2.19. The van der Waals surface area contributed by atoms with Gasteiger partial charge in [-0.15, -0.1) is 0 Å². The number of hydrogen-bond acceptors (Lipinski definition) is 6. The second-order valence-electron chi connectivity index (χ2n) is 7.47. The van der Waals surface area contributed by atoms with Crippen LogP contribution in [0, 0.1) is 0 Å². The largest absolute Gasteiger partial charge is 0.493 e. The second kappa shape index (κ2) is 10.7. The van der Waals surface area contributed by atoms with Crippen molar-refractivity contribution in [2.45, 2.75) is 32.1 Å². The normalized spacial score (nSPS) is 13.5. The Balaban J connectivity index is 1.77. The van der Waals surface area contributed by atoms with Crippen molar-refractivity contribution in [2.75, 3.05) is 44.6 Å². The number of nitrogens with zero attached hydrogens (tertiary/aromatic N) is 1. The maximum Gasteiger partial charge on any atom is 0.337 e. The summed E-state index contributed by atoms with van der Waals surface area (Å²) < 4.78 is 15.6. The molecule has 0 atom stereocenters. The van der Waals surface area contributed by atoms with E-state index in [-0.39, 0.29) is 12.3 Å². The van der Waals surface area contributed by atoms with Crippen LogP contribution in [0.15, 0.2) is 36.4 Å². The highest BCUT2D eigenvalue weighted by Crippen LogP contribution is 2.32. The molecule has 1 fully saturated rings. The average Bonchev–Trinajstić information content (AvgIpc) is 2.82. The van der Waals surface area contributed by atoms with Crippen LogP contribution < -0.4 is 19.7 Å². The summed E-state index contributed by atoms with van der Waals surface area (Å²) in [5, 5.41) is 3.00. The van der Waals surface area contributed by atoms with Crippen molar-refractivity contribution in [1.29, 1.82) is 0 Å². The minimum atomic E-state index is -0.429. The SMILES string of the molecule is COC(=O)c1ccc(N2CCCCC2)c(NC(=O)CCc2cccc(OC)c2OC)c1. The summed E-state index contributed by atoms with van der Waals surface area (Å²) in [5.74, 6) is 0.713. The van der Waals surface area contributed by atoms with Gasteiger partial charge >= 0.3 is 5.97 Å². The van der Waals surface area contributed by atoms with Crippen molar-refractivity contribution in [3.05, 3.63) is 47.5 Å². The number of esters is 1. The number of ether oxygens (including phenoxy) is 3. The number of hydrogen-bond donors (Lipinski definition) is 1. The van der Waals surface area contributed by atoms with E-state index in [1.54, 1.807) is 26.4 Å². The Morgan fingerprint density at radius 3 is 2.45 bits per heavy atom. The minimum Gasteiger partial charge on any atom is -0.493 e. The van der Waals surface area contributed by atoms with Crippen LogP contribution in [0.1, 0.15) is 41.6 Å². The van der Waals surface area contributed by atoms with E-state index in [2.05, 4.69) is 10.2 Å². The number of amides is 1. The predicted octanol–water partition coefficient (Wildman–Crippen LogP) is 4.05. The Bertz CT molecular complexity index is 922. The lowest BCUT2D eigenvalue weighted by Crippen LogP contribution is -2.30. The Morgan fingerprint density at radius 1 is 1.00 bits per heavy atom. The summed E-state index contributed by atoms with van der Waals surface area (Å²) in [4.78, 5) is 27.1. The van der Waals surface area contributed by atoms with Gasteiger partial charge in [-0.2, -0.15) is 0 Å². The van der Waals surface area contributed by atoms with Gasteiger partial charge in [0.15, 0.2) is 11.5 Å². The van der Waals surface area contributed by atoms with Crippen LogP contribution in [0.25, 0.3) is 0 Å². The summed E-state index contributed by atoms with van der Waals surface area (Å²) in [5.41, 5.74) is 2.87. The van der Waals surface area contributed by atoms with Crippen molar-refractivity contribution in [2.24, 2.45) is 0 Å². The molecule has 0 aliphatic carbocycles. The Morgan fingerprint density at radius 2 is 1.77 bits per heavy atom. The van der Waals surface area contributed by atoms with Crippen molar-refractivity contribution in [3.8, 4) is 11.5 Å². The molecule has 0 aromatic heterocycles. The fourth-order valence-electron chi connectivity index (χ4n) is 3.90. The van der Waals surface area contributed by atoms with Gasteiger partial charge in [-0.1, -0.05) is 12.1 Å². The van der Waals surface area contributed by atoms with Gasteiger partial charge in [0.2, 0.25) is 5.91 Å². The summed E-state index contributed by atoms with van der Waals surface area (Å²) in [7, 11) is 4.52. The summed E-state index contributed by atoms with van der Waals surface area (Å²) in [6.45, 7) is 1.86. The number of para-hydroxylation sites is 1. The van der Waals surface area contributed by atoms with Gasteiger partial charge in [0.1, 0.15) is 0 Å². The molecule has 1 amide bonds. The van der Waals surface area contributed by atoms with E-state index in [0.29, 0.717) is 29.2 Å². The Hall–Kier alpha value is -3.22. The lowest BCUT2D eigenvalue weighted by atomic mass is 10.1. The molecule has 0 saturated carbocycles. The van der Waals surface area contributed by atoms with Crippen molar-refractivity contribution in [3.63, 3.8) is 0 Å². The lowest BCUT2D eigenvalue weighted by molar-refractivity contribution is -0.116. The first kappa shape index (κ1) is 22.5. The van der Waals surface area contributed by atoms with Crippen LogP contribution in [0.2, 0.25) is 0 Å². The zero-order valence-electron chi connectivity index (χ0n) is 18.4. The molecule has 2 aromatic rings. The van der Waals surface area contributed by atoms with Crippen LogP contribution in [0.4, 0.5) is 11.4 Å². The van der Waals surface area contributed by atoms with Crippen molar-refractivity contribution < 1.29 is 23.8 Å². The molecule has 2 aromatic carbocycles. The van der Waals surface area contributed by atoms with E-state index in [1.165, 1.54) is 13.5 Å². The van der Waals surface area contributed by atoms with Crippen LogP contribution >= 0.6 is 0 Å². The molecule has 166 valence electrons. The number of rotatable bonds is 8. The molecular formula is C24H30N2O5. The number of carbonyl (C=O) groups is 2. The van der Waals surface area contributed by atoms with Crippen LogP contribution in [0.5, 0.6) is 11.5 Å². The molecule has 3 rings (SSSR count). The molecule has 31 heavy (non-hydrogen) atoms. The van der Waals surface area contributed by atoms with E-state index < -0.39 is 5.97 Å². The number of methoxy groups -OCH3 is 3. The zero-order chi connectivity index (χ0) is 22.2. The first-order chi connectivity index (χ1) is 15.1. The van der Waals surface area contributed by atoms with E-state index >= 15 is 0 Å². The fourth-order valence-corrected chi connectivity index (χ4v) is 3.90. The lowest BCUT2D eigenvalue weighted by Gasteiger charge is -2.30. The van der Waals surface area contributed by atoms with E-state index in [0.717, 1.165) is 37.2 Å². The summed E-state index contributed by atoms with van der Waals surface area (Å²) in [6, 6.07) is 10.9. The molecule has 0 bridgehead atoms. The van der Waals surface area contributed by atoms with E-state index in [9.17, 15) is 9.59 Å². The molecule has 1 aliphatic rings. The molecule has 0 spiro atoms. The first-order valence-corrected chi connectivity index (χ1v) is 10.5. The monoisotopic (exact) mass is 426 g/mol. The van der Waals surface area contributed by atoms with Gasteiger partial charge in [0.25, 0.3) is 0 Å². The van der Waals surface area contributed by atoms with Gasteiger partial charge in [0, 0.05) is 19.5 Å². The third kappa shape index (κ3) is 5.48. The standard InChI is InChI=1S/C24H30N2O5/c1-29-21-9-7-8-17(23(21)30-2)11-13-22(27)25-19-16-18(24(28)31-3)10-12-20(19)26-14-5-4-6-15-26/h7-10,12,16H,4-6,11,13-15H2,1-3H3,(H,25,27). The van der Waals surface area contributed by atoms with Crippen LogP contribution in [-0.4, -0.2) is 46.3 Å². The molecule has 0 radical (unpaired) electrons. The van der Waals surface area contributed by atoms with E-state index in [4.69, 9.17) is 14.2 Å². The number of nitrogens with one attached hydrogen (secondary N) is 1. The van der Waals surface area contributed by atoms with Gasteiger partial charge in [0.05, 0.1) is 38.3 Å². The summed E-state index contributed by atoms with van der Waals surface area (Å²) >= 11 is 0. The molecule has 7 heteroatoms. The fraction of sp³-hybridized carbons (Fsp3) is 0.417. The second-order valence-corrected chi connectivity index (χ2v) is 7.47. The van der Waals surface area contributed by atoms with Gasteiger partial charge < -0.3 is 24.4 Å². The maximum absolute atomic E-state index is 12.8. The molecule has 7 nitrogen and oxygen atoms in total. The number of benzene rings is 2. The topological polar surface area (TPSA) is 77.1 Å². The van der Waals surface area contributed by atoms with Crippen molar-refractivity contribution in [1.82, 2.24) is 0 Å². The average molecular weight is 427 g/mol. The third-order valence-corrected chi connectivity index (χ3v) is 5.49. The first-order valence-electron chi connectivity index (χ1n) is 10.5. The number of carbonyl (C=O) groups excluding carboxylic acids is 2. The van der Waals surface area contributed by atoms with Gasteiger partial charge in [-0.25, -0.2) is 4.79 Å². The smallest absolute Gasteiger partial charge is 0.337 e. The van der Waals surface area contributed by atoms with E-state index in [1.807, 2.05) is 24.3 Å². The maximum atomic E-state index is 12.8. The molecular weight excluding hydrogens is 396 g/mol. The highest BCUT2D eigenvalue weighted by atomic mass is 16.5. The predicted molar refractivity (Wildman–Crippen MR) is 120 cm³/mol. The third-order valence-electron chi connectivity index (χ3n) is 5.49. The van der Waals surface area contributed by atoms with Gasteiger partial charge in [-0.05, 0) is 55.5 Å².